The minimum Gasteiger partial charge on any atom is -0.388 e. The Balaban J connectivity index is 1.76. The first-order valence-corrected chi connectivity index (χ1v) is 15.8. The van der Waals surface area contributed by atoms with Crippen molar-refractivity contribution in [2.24, 2.45) is 0 Å². The molecular weight excluding hydrogens is 587 g/mol. The number of nitrogen functional groups attached to an aromatic ring is 1. The number of nitrogens with one attached hydrogen (secondary N) is 2. The number of aliphatic hydroxyl groups is 1. The number of hydrogen-bond donors (Lipinski definition) is 8. The number of nitrogens with two attached hydrogens (primary N) is 1. The second kappa shape index (κ2) is 12.7. The Morgan fingerprint density at radius 1 is 1.23 bits per heavy atom. The number of unbranched alkanes of at least 4 members (excludes halogenated alkanes) is 2. The number of ether oxygens (including phenoxy) is 1. The van der Waals surface area contributed by atoms with E-state index in [4.69, 9.17) is 20.3 Å². The standard InChI is InChI=1S/C18H28N5O13P3/c1-20-7-5-3-2-4-6-11-9-23(15-14(11)16(25)22-18(19)21-15)17-13(24)8-12(34-17)10-33-38(29,30)36-39(31,32)35-37(26,27)28/h9,12-13,17,20,24H,2-3,5,7-8,10H2,1H3,(H,29,30)(H,31,32)(H2,26,27,28)(H3,19,21,22,25)/t12-,13?,17+/m0/s1. The summed E-state index contributed by atoms with van der Waals surface area (Å²) in [5.74, 6) is 5.71. The summed E-state index contributed by atoms with van der Waals surface area (Å²) in [7, 11) is -14.8. The van der Waals surface area contributed by atoms with E-state index >= 15 is 0 Å². The average molecular weight is 615 g/mol. The maximum Gasteiger partial charge on any atom is 0.490 e. The van der Waals surface area contributed by atoms with Gasteiger partial charge in [-0.3, -0.25) is 14.3 Å². The van der Waals surface area contributed by atoms with Crippen LogP contribution in [0.5, 0.6) is 0 Å². The van der Waals surface area contributed by atoms with Crippen LogP contribution in [0.4, 0.5) is 5.95 Å². The molecule has 1 aliphatic heterocycles. The van der Waals surface area contributed by atoms with Gasteiger partial charge in [-0.05, 0) is 26.4 Å². The van der Waals surface area contributed by atoms with E-state index in [2.05, 4.69) is 40.3 Å². The summed E-state index contributed by atoms with van der Waals surface area (Å²) in [5, 5.41) is 13.8. The molecule has 1 saturated heterocycles. The van der Waals surface area contributed by atoms with Crippen molar-refractivity contribution in [1.82, 2.24) is 19.9 Å². The number of anilines is 1. The highest BCUT2D eigenvalue weighted by molar-refractivity contribution is 7.66. The number of nitrogens with zero attached hydrogens (tertiary/aromatic N) is 2. The van der Waals surface area contributed by atoms with E-state index in [9.17, 15) is 33.4 Å². The van der Waals surface area contributed by atoms with Gasteiger partial charge in [0.2, 0.25) is 5.95 Å². The predicted molar refractivity (Wildman–Crippen MR) is 134 cm³/mol. The zero-order chi connectivity index (χ0) is 29.0. The molecule has 3 unspecified atom stereocenters. The summed E-state index contributed by atoms with van der Waals surface area (Å²) >= 11 is 0. The van der Waals surface area contributed by atoms with E-state index in [0.717, 1.165) is 19.4 Å². The molecule has 9 N–H and O–H groups in total. The second-order valence-corrected chi connectivity index (χ2v) is 12.7. The van der Waals surface area contributed by atoms with Crippen LogP contribution in [0, 0.1) is 11.8 Å². The van der Waals surface area contributed by atoms with Crippen molar-refractivity contribution in [1.29, 1.82) is 0 Å². The van der Waals surface area contributed by atoms with Gasteiger partial charge < -0.3 is 45.0 Å². The van der Waals surface area contributed by atoms with Crippen molar-refractivity contribution in [3.05, 3.63) is 22.1 Å². The number of aliphatic hydroxyl groups excluding tert-OH is 1. The highest BCUT2D eigenvalue weighted by Gasteiger charge is 2.42. The summed E-state index contributed by atoms with van der Waals surface area (Å²) in [5.41, 5.74) is 5.50. The molecule has 218 valence electrons. The van der Waals surface area contributed by atoms with Crippen LogP contribution in [0.25, 0.3) is 11.0 Å². The van der Waals surface area contributed by atoms with Crippen LogP contribution in [-0.2, 0) is 31.6 Å². The minimum atomic E-state index is -5.69. The van der Waals surface area contributed by atoms with Crippen molar-refractivity contribution < 1.29 is 56.3 Å². The van der Waals surface area contributed by atoms with Crippen LogP contribution in [0.1, 0.15) is 37.5 Å². The molecule has 2 aromatic heterocycles. The van der Waals surface area contributed by atoms with Gasteiger partial charge in [-0.15, -0.1) is 0 Å². The minimum absolute atomic E-state index is 0.0633. The first kappa shape index (κ1) is 31.6. The lowest BCUT2D eigenvalue weighted by molar-refractivity contribution is -0.0478. The lowest BCUT2D eigenvalue weighted by Crippen LogP contribution is -2.20. The number of aromatic amines is 1. The van der Waals surface area contributed by atoms with Crippen molar-refractivity contribution in [2.75, 3.05) is 25.9 Å². The smallest absolute Gasteiger partial charge is 0.388 e. The normalized spacial score (nSPS) is 22.8. The molecule has 3 heterocycles. The largest absolute Gasteiger partial charge is 0.490 e. The summed E-state index contributed by atoms with van der Waals surface area (Å²) in [6, 6.07) is 0. The van der Waals surface area contributed by atoms with E-state index in [1.165, 1.54) is 10.8 Å². The molecule has 1 aliphatic rings. The molecule has 0 radical (unpaired) electrons. The molecule has 0 bridgehead atoms. The van der Waals surface area contributed by atoms with E-state index in [1.54, 1.807) is 0 Å². The van der Waals surface area contributed by atoms with Gasteiger partial charge in [-0.25, -0.2) is 13.7 Å². The van der Waals surface area contributed by atoms with Gasteiger partial charge in [-0.1, -0.05) is 11.8 Å². The van der Waals surface area contributed by atoms with Crippen LogP contribution in [0.2, 0.25) is 0 Å². The summed E-state index contributed by atoms with van der Waals surface area (Å²) in [4.78, 5) is 55.2. The average Bonchev–Trinajstić information content (AvgIpc) is 3.32. The number of hydrogen-bond acceptors (Lipinski definition) is 12. The topological polar surface area (TPSA) is 278 Å². The van der Waals surface area contributed by atoms with Gasteiger partial charge in [0, 0.05) is 19.0 Å². The van der Waals surface area contributed by atoms with E-state index < -0.39 is 54.1 Å². The van der Waals surface area contributed by atoms with Crippen molar-refractivity contribution in [2.45, 2.75) is 44.1 Å². The molecule has 5 atom stereocenters. The fourth-order valence-corrected chi connectivity index (χ4v) is 6.75. The highest BCUT2D eigenvalue weighted by Crippen LogP contribution is 2.66. The zero-order valence-corrected chi connectivity index (χ0v) is 23.1. The third kappa shape index (κ3) is 9.04. The Bertz CT molecular complexity index is 1440. The lowest BCUT2D eigenvalue weighted by Gasteiger charge is -2.19. The molecule has 0 spiro atoms. The fraction of sp³-hybridized carbons (Fsp3) is 0.556. The third-order valence-corrected chi connectivity index (χ3v) is 8.98. The van der Waals surface area contributed by atoms with Crippen LogP contribution in [0.3, 0.4) is 0 Å². The molecule has 2 aromatic rings. The summed E-state index contributed by atoms with van der Waals surface area (Å²) in [6.07, 6.45) is 0.122. The number of H-pyrrole nitrogens is 1. The number of phosphoric ester groups is 1. The molecule has 0 saturated carbocycles. The molecule has 3 rings (SSSR count). The maximum absolute atomic E-state index is 12.6. The van der Waals surface area contributed by atoms with Crippen molar-refractivity contribution >= 4 is 40.4 Å². The fourth-order valence-electron chi connectivity index (χ4n) is 3.70. The van der Waals surface area contributed by atoms with Gasteiger partial charge in [0.25, 0.3) is 5.56 Å². The van der Waals surface area contributed by atoms with Crippen molar-refractivity contribution in [3.8, 4) is 11.8 Å². The number of rotatable bonds is 12. The molecule has 18 nitrogen and oxygen atoms in total. The van der Waals surface area contributed by atoms with Crippen LogP contribution < -0.4 is 16.6 Å². The quantitative estimate of drug-likeness (QED) is 0.0889. The number of aromatic nitrogens is 3. The number of fused-ring (bicyclic) bond motifs is 1. The first-order chi connectivity index (χ1) is 18.1. The Kier molecular flexibility index (Phi) is 10.3. The van der Waals surface area contributed by atoms with E-state index in [-0.39, 0.29) is 23.4 Å². The van der Waals surface area contributed by atoms with Gasteiger partial charge in [-0.2, -0.15) is 13.6 Å². The molecule has 1 fully saturated rings. The molecule has 39 heavy (non-hydrogen) atoms. The monoisotopic (exact) mass is 615 g/mol. The van der Waals surface area contributed by atoms with Crippen LogP contribution in [-0.4, -0.2) is 71.6 Å². The zero-order valence-electron chi connectivity index (χ0n) is 20.4. The van der Waals surface area contributed by atoms with Crippen LogP contribution >= 0.6 is 23.5 Å². The summed E-state index contributed by atoms with van der Waals surface area (Å²) < 4.78 is 53.1. The van der Waals surface area contributed by atoms with Gasteiger partial charge in [0.1, 0.15) is 6.10 Å². The highest BCUT2D eigenvalue weighted by atomic mass is 31.3. The molecule has 0 aromatic carbocycles. The molecule has 0 aliphatic carbocycles. The summed E-state index contributed by atoms with van der Waals surface area (Å²) in [6.45, 7) is 0.0792. The molecule has 21 heteroatoms. The third-order valence-electron chi connectivity index (χ3n) is 5.18. The maximum atomic E-state index is 12.6. The first-order valence-electron chi connectivity index (χ1n) is 11.3. The number of phosphoric acid groups is 3. The Labute approximate surface area is 220 Å². The van der Waals surface area contributed by atoms with E-state index in [0.29, 0.717) is 12.0 Å². The molecule has 0 amide bonds. The van der Waals surface area contributed by atoms with Crippen molar-refractivity contribution in [3.63, 3.8) is 0 Å². The van der Waals surface area contributed by atoms with Crippen LogP contribution in [0.15, 0.2) is 11.0 Å². The SMILES string of the molecule is CNCCCCC#Cc1cn([C@@H]2O[C@H](COP(=O)(O)OP(=O)(O)OP(=O)(O)O)CC2O)c2nc(N)[nH]c(=O)c12. The lowest BCUT2D eigenvalue weighted by atomic mass is 10.2. The Morgan fingerprint density at radius 3 is 2.62 bits per heavy atom. The predicted octanol–water partition coefficient (Wildman–Crippen LogP) is 0.0397. The van der Waals surface area contributed by atoms with Gasteiger partial charge in [0.05, 0.1) is 23.7 Å². The Morgan fingerprint density at radius 2 is 1.95 bits per heavy atom. The van der Waals surface area contributed by atoms with Gasteiger partial charge >= 0.3 is 23.5 Å². The Hall–Kier alpha value is -1.93. The second-order valence-electron chi connectivity index (χ2n) is 8.30. The van der Waals surface area contributed by atoms with E-state index in [1.807, 2.05) is 7.05 Å². The molecular formula is C18H28N5O13P3. The van der Waals surface area contributed by atoms with Gasteiger partial charge in [0.15, 0.2) is 11.9 Å².